The van der Waals surface area contributed by atoms with Crippen LogP contribution in [-0.2, 0) is 32.7 Å². The lowest BCUT2D eigenvalue weighted by Crippen LogP contribution is -2.29. The summed E-state index contributed by atoms with van der Waals surface area (Å²) in [7, 11) is -4.62. The zero-order valence-corrected chi connectivity index (χ0v) is 34.8. The van der Waals surface area contributed by atoms with Crippen molar-refractivity contribution in [1.82, 2.24) is 0 Å². The van der Waals surface area contributed by atoms with Gasteiger partial charge in [0.25, 0.3) is 0 Å². The Morgan fingerprint density at radius 2 is 1.02 bits per heavy atom. The zero-order chi connectivity index (χ0) is 39.8. The van der Waals surface area contributed by atoms with Crippen LogP contribution in [-0.4, -0.2) is 65.7 Å². The number of carbonyl (C=O) groups excluding carboxylic acids is 2. The molecule has 3 unspecified atom stereocenters. The highest BCUT2D eigenvalue weighted by molar-refractivity contribution is 7.47. The Morgan fingerprint density at radius 1 is 0.574 bits per heavy atom. The maximum absolute atomic E-state index is 12.6. The van der Waals surface area contributed by atoms with Gasteiger partial charge in [-0.2, -0.15) is 0 Å². The number of allylic oxidation sites excluding steroid dienone is 8. The van der Waals surface area contributed by atoms with Crippen molar-refractivity contribution in [3.05, 3.63) is 48.6 Å². The van der Waals surface area contributed by atoms with Crippen LogP contribution >= 0.6 is 7.82 Å². The molecule has 54 heavy (non-hydrogen) atoms. The average molecular weight is 785 g/mol. The molecule has 0 aliphatic rings. The van der Waals surface area contributed by atoms with Crippen LogP contribution in [0.1, 0.15) is 174 Å². The van der Waals surface area contributed by atoms with Crippen molar-refractivity contribution < 1.29 is 47.8 Å². The minimum atomic E-state index is -4.62. The molecule has 0 aromatic carbocycles. The summed E-state index contributed by atoms with van der Waals surface area (Å²) in [6.07, 6.45) is 40.7. The number of unbranched alkanes of at least 4 members (excludes halogenated alkanes) is 17. The van der Waals surface area contributed by atoms with E-state index in [0.29, 0.717) is 12.8 Å². The maximum atomic E-state index is 12.6. The topological polar surface area (TPSA) is 149 Å². The van der Waals surface area contributed by atoms with Gasteiger partial charge in [-0.3, -0.25) is 18.6 Å². The normalized spacial score (nSPS) is 14.4. The van der Waals surface area contributed by atoms with Crippen LogP contribution in [0.15, 0.2) is 48.6 Å². The summed E-state index contributed by atoms with van der Waals surface area (Å²) in [4.78, 5) is 34.9. The quantitative estimate of drug-likeness (QED) is 0.0238. The molecule has 3 atom stereocenters. The molecule has 0 aromatic heterocycles. The van der Waals surface area contributed by atoms with E-state index in [0.717, 1.165) is 89.9 Å². The molecule has 0 aliphatic heterocycles. The van der Waals surface area contributed by atoms with Gasteiger partial charge in [0, 0.05) is 12.8 Å². The van der Waals surface area contributed by atoms with Gasteiger partial charge in [-0.05, 0) is 70.6 Å². The van der Waals surface area contributed by atoms with E-state index in [1.165, 1.54) is 44.9 Å². The molecule has 0 saturated carbocycles. The lowest BCUT2D eigenvalue weighted by Gasteiger charge is -2.20. The predicted octanol–water partition coefficient (Wildman–Crippen LogP) is 10.9. The van der Waals surface area contributed by atoms with Gasteiger partial charge in [0.15, 0.2) is 6.10 Å². The average Bonchev–Trinajstić information content (AvgIpc) is 3.16. The second-order valence-corrected chi connectivity index (χ2v) is 15.4. The summed E-state index contributed by atoms with van der Waals surface area (Å²) in [5, 5.41) is 18.3. The molecule has 0 amide bonds. The third-order valence-electron chi connectivity index (χ3n) is 8.72. The van der Waals surface area contributed by atoms with Crippen LogP contribution in [0.2, 0.25) is 0 Å². The van der Waals surface area contributed by atoms with Crippen molar-refractivity contribution in [3.8, 4) is 0 Å². The number of carbonyl (C=O) groups is 2. The fourth-order valence-electron chi connectivity index (χ4n) is 5.47. The monoisotopic (exact) mass is 785 g/mol. The first-order valence-corrected chi connectivity index (χ1v) is 22.6. The molecule has 0 spiro atoms. The van der Waals surface area contributed by atoms with Gasteiger partial charge in [0.1, 0.15) is 12.7 Å². The first kappa shape index (κ1) is 51.9. The third-order valence-corrected chi connectivity index (χ3v) is 9.67. The number of ether oxygens (including phenoxy) is 2. The van der Waals surface area contributed by atoms with Gasteiger partial charge in [0.05, 0.1) is 19.8 Å². The summed E-state index contributed by atoms with van der Waals surface area (Å²) >= 11 is 0. The fourth-order valence-corrected chi connectivity index (χ4v) is 6.26. The fraction of sp³-hybridized carbons (Fsp3) is 0.767. The molecule has 0 bridgehead atoms. The smallest absolute Gasteiger partial charge is 0.462 e. The number of hydrogen-bond donors (Lipinski definition) is 3. The zero-order valence-electron chi connectivity index (χ0n) is 33.9. The Labute approximate surface area is 328 Å². The Balaban J connectivity index is 4.34. The van der Waals surface area contributed by atoms with Gasteiger partial charge in [-0.15, -0.1) is 0 Å². The number of aliphatic hydroxyl groups excluding tert-OH is 2. The van der Waals surface area contributed by atoms with E-state index >= 15 is 0 Å². The minimum Gasteiger partial charge on any atom is -0.462 e. The van der Waals surface area contributed by atoms with Crippen LogP contribution in [0, 0.1) is 0 Å². The van der Waals surface area contributed by atoms with E-state index in [9.17, 15) is 24.2 Å². The minimum absolute atomic E-state index is 0.170. The van der Waals surface area contributed by atoms with Gasteiger partial charge < -0.3 is 24.6 Å². The molecule has 10 nitrogen and oxygen atoms in total. The summed E-state index contributed by atoms with van der Waals surface area (Å²) in [6, 6.07) is 0. The first-order valence-electron chi connectivity index (χ1n) is 21.1. The summed E-state index contributed by atoms with van der Waals surface area (Å²) in [5.74, 6) is -0.948. The van der Waals surface area contributed by atoms with Crippen molar-refractivity contribution in [2.75, 3.05) is 26.4 Å². The molecule has 314 valence electrons. The Bertz CT molecular complexity index is 1040. The Morgan fingerprint density at radius 3 is 1.56 bits per heavy atom. The van der Waals surface area contributed by atoms with Crippen LogP contribution in [0.4, 0.5) is 0 Å². The van der Waals surface area contributed by atoms with Gasteiger partial charge in [-0.25, -0.2) is 4.57 Å². The van der Waals surface area contributed by atoms with Crippen molar-refractivity contribution in [1.29, 1.82) is 0 Å². The molecule has 0 radical (unpaired) electrons. The molecule has 0 aliphatic carbocycles. The number of rotatable bonds is 39. The number of phosphoric ester groups is 1. The molecule has 0 saturated heterocycles. The summed E-state index contributed by atoms with van der Waals surface area (Å²) < 4.78 is 32.7. The lowest BCUT2D eigenvalue weighted by molar-refractivity contribution is -0.161. The largest absolute Gasteiger partial charge is 0.472 e. The molecule has 11 heteroatoms. The second-order valence-electron chi connectivity index (χ2n) is 14.0. The van der Waals surface area contributed by atoms with Crippen molar-refractivity contribution in [2.45, 2.75) is 187 Å². The second kappa shape index (κ2) is 39.2. The Hall–Kier alpha value is -2.07. The van der Waals surface area contributed by atoms with Crippen molar-refractivity contribution in [3.63, 3.8) is 0 Å². The van der Waals surface area contributed by atoms with E-state index in [1.54, 1.807) is 0 Å². The van der Waals surface area contributed by atoms with Crippen LogP contribution < -0.4 is 0 Å². The molecule has 0 aromatic rings. The highest BCUT2D eigenvalue weighted by Gasteiger charge is 2.27. The summed E-state index contributed by atoms with van der Waals surface area (Å²) in [6.45, 7) is 2.23. The Kier molecular flexibility index (Phi) is 37.7. The molecular formula is C43H77O10P. The number of phosphoric acid groups is 1. The standard InChI is InChI=1S/C43H77O10P/c1-3-5-7-9-11-13-15-17-19-20-21-23-25-27-29-31-33-35-43(47)53-41(39-52-54(48,49)51-37-40(45)36-44)38-50-42(46)34-32-30-28-26-24-22-18-16-14-12-10-8-6-4-2/h5,7,11,13,16-19,40-41,44-45H,3-4,6,8-10,12,14-15,20-39H2,1-2H3,(H,48,49)/b7-5-,13-11-,18-16-,19-17-. The van der Waals surface area contributed by atoms with E-state index in [4.69, 9.17) is 19.1 Å². The number of aliphatic hydroxyl groups is 2. The molecule has 0 fully saturated rings. The van der Waals surface area contributed by atoms with E-state index in [1.807, 2.05) is 0 Å². The molecule has 3 N–H and O–H groups in total. The van der Waals surface area contributed by atoms with Crippen molar-refractivity contribution in [2.24, 2.45) is 0 Å². The highest BCUT2D eigenvalue weighted by atomic mass is 31.2. The number of hydrogen-bond acceptors (Lipinski definition) is 9. The SMILES string of the molecule is CC/C=C\C/C=C\C/C=C\CCCCCCCCCC(=O)OC(COC(=O)CCCCCCC/C=C\CCCCCCC)COP(=O)(O)OCC(O)CO. The first-order chi connectivity index (χ1) is 26.2. The molecule has 0 heterocycles. The van der Waals surface area contributed by atoms with Crippen LogP contribution in [0.5, 0.6) is 0 Å². The molecular weight excluding hydrogens is 707 g/mol. The van der Waals surface area contributed by atoms with Crippen molar-refractivity contribution >= 4 is 19.8 Å². The highest BCUT2D eigenvalue weighted by Crippen LogP contribution is 2.43. The molecule has 0 rings (SSSR count). The van der Waals surface area contributed by atoms with E-state index in [-0.39, 0.29) is 19.4 Å². The third kappa shape index (κ3) is 38.2. The van der Waals surface area contributed by atoms with E-state index < -0.39 is 51.8 Å². The number of esters is 2. The van der Waals surface area contributed by atoms with Crippen LogP contribution in [0.25, 0.3) is 0 Å². The maximum Gasteiger partial charge on any atom is 0.472 e. The van der Waals surface area contributed by atoms with Gasteiger partial charge >= 0.3 is 19.8 Å². The van der Waals surface area contributed by atoms with Crippen LogP contribution in [0.3, 0.4) is 0 Å². The van der Waals surface area contributed by atoms with Gasteiger partial charge in [0.2, 0.25) is 0 Å². The van der Waals surface area contributed by atoms with Gasteiger partial charge in [-0.1, -0.05) is 140 Å². The lowest BCUT2D eigenvalue weighted by atomic mass is 10.1. The summed E-state index contributed by atoms with van der Waals surface area (Å²) in [5.41, 5.74) is 0. The predicted molar refractivity (Wildman–Crippen MR) is 219 cm³/mol. The van der Waals surface area contributed by atoms with E-state index in [2.05, 4.69) is 67.0 Å².